The third-order valence-corrected chi connectivity index (χ3v) is 3.96. The fourth-order valence-electron chi connectivity index (χ4n) is 2.29. The van der Waals surface area contributed by atoms with Gasteiger partial charge in [0.1, 0.15) is 5.75 Å². The molecule has 0 spiro atoms. The van der Waals surface area contributed by atoms with Gasteiger partial charge < -0.3 is 15.8 Å². The highest BCUT2D eigenvalue weighted by Gasteiger charge is 2.18. The predicted molar refractivity (Wildman–Crippen MR) is 82.8 cm³/mol. The van der Waals surface area contributed by atoms with Gasteiger partial charge in [-0.2, -0.15) is 0 Å². The van der Waals surface area contributed by atoms with Gasteiger partial charge in [-0.25, -0.2) is 0 Å². The first-order chi connectivity index (χ1) is 10.0. The Kier molecular flexibility index (Phi) is 3.57. The highest BCUT2D eigenvalue weighted by molar-refractivity contribution is 6.31. The smallest absolute Gasteiger partial charge is 0.262 e. The number of anilines is 1. The van der Waals surface area contributed by atoms with Crippen LogP contribution in [-0.4, -0.2) is 12.5 Å². The van der Waals surface area contributed by atoms with Crippen LogP contribution in [0.1, 0.15) is 22.7 Å². The molecule has 1 unspecified atom stereocenters. The van der Waals surface area contributed by atoms with E-state index in [9.17, 15) is 4.79 Å². The largest absolute Gasteiger partial charge is 0.482 e. The number of amides is 1. The van der Waals surface area contributed by atoms with Gasteiger partial charge in [-0.05, 0) is 41.8 Å². The molecule has 0 fully saturated rings. The number of carbonyl (C=O) groups excluding carboxylic acids is 1. The number of nitrogens with one attached hydrogen (secondary N) is 1. The molecule has 1 aliphatic heterocycles. The fraction of sp³-hybridized carbons (Fsp3) is 0.188. The Hall–Kier alpha value is -2.04. The third-order valence-electron chi connectivity index (χ3n) is 3.55. The lowest BCUT2D eigenvalue weighted by Gasteiger charge is -2.20. The first kappa shape index (κ1) is 13.9. The minimum atomic E-state index is -0.313. The van der Waals surface area contributed by atoms with E-state index in [1.54, 1.807) is 0 Å². The van der Waals surface area contributed by atoms with Gasteiger partial charge in [-0.3, -0.25) is 4.79 Å². The van der Waals surface area contributed by atoms with Crippen molar-refractivity contribution in [2.75, 3.05) is 11.9 Å². The van der Waals surface area contributed by atoms with E-state index in [1.807, 2.05) is 43.3 Å². The van der Waals surface area contributed by atoms with Crippen molar-refractivity contribution in [2.24, 2.45) is 5.73 Å². The Morgan fingerprint density at radius 3 is 2.71 bits per heavy atom. The number of ether oxygens (including phenoxy) is 1. The van der Waals surface area contributed by atoms with Crippen LogP contribution in [-0.2, 0) is 4.79 Å². The van der Waals surface area contributed by atoms with Gasteiger partial charge in [-0.15, -0.1) is 0 Å². The van der Waals surface area contributed by atoms with E-state index < -0.39 is 0 Å². The van der Waals surface area contributed by atoms with Gasteiger partial charge in [0.25, 0.3) is 5.91 Å². The molecule has 1 aliphatic rings. The van der Waals surface area contributed by atoms with E-state index in [4.69, 9.17) is 22.1 Å². The standard InChI is InChI=1S/C16H15ClN2O2/c1-9-2-3-10(6-12(9)17)16(18)11-4-5-14-13(7-11)19-15(20)8-21-14/h2-7,16H,8,18H2,1H3,(H,19,20). The minimum Gasteiger partial charge on any atom is -0.482 e. The average Bonchev–Trinajstić information content (AvgIpc) is 2.48. The summed E-state index contributed by atoms with van der Waals surface area (Å²) < 4.78 is 5.34. The Bertz CT molecular complexity index is 715. The zero-order chi connectivity index (χ0) is 15.0. The van der Waals surface area contributed by atoms with E-state index in [2.05, 4.69) is 5.32 Å². The van der Waals surface area contributed by atoms with Crippen LogP contribution in [0.4, 0.5) is 5.69 Å². The number of hydrogen-bond donors (Lipinski definition) is 2. The first-order valence-electron chi connectivity index (χ1n) is 6.63. The number of hydrogen-bond acceptors (Lipinski definition) is 3. The average molecular weight is 303 g/mol. The quantitative estimate of drug-likeness (QED) is 0.896. The number of benzene rings is 2. The van der Waals surface area contributed by atoms with Crippen molar-refractivity contribution in [3.8, 4) is 5.75 Å². The van der Waals surface area contributed by atoms with E-state index in [0.29, 0.717) is 16.5 Å². The summed E-state index contributed by atoms with van der Waals surface area (Å²) in [5.74, 6) is 0.499. The lowest BCUT2D eigenvalue weighted by Crippen LogP contribution is -2.25. The molecular weight excluding hydrogens is 288 g/mol. The summed E-state index contributed by atoms with van der Waals surface area (Å²) in [4.78, 5) is 11.4. The van der Waals surface area contributed by atoms with Crippen LogP contribution in [0.2, 0.25) is 5.02 Å². The second kappa shape index (κ2) is 5.39. The van der Waals surface area contributed by atoms with Crippen LogP contribution in [0, 0.1) is 6.92 Å². The molecule has 2 aromatic rings. The monoisotopic (exact) mass is 302 g/mol. The molecule has 3 rings (SSSR count). The summed E-state index contributed by atoms with van der Waals surface area (Å²) in [5, 5.41) is 3.47. The van der Waals surface area contributed by atoms with E-state index in [1.165, 1.54) is 0 Å². The van der Waals surface area contributed by atoms with Crippen LogP contribution in [0.3, 0.4) is 0 Å². The summed E-state index contributed by atoms with van der Waals surface area (Å²) in [6, 6.07) is 11.0. The van der Waals surface area contributed by atoms with Gasteiger partial charge >= 0.3 is 0 Å². The molecule has 0 radical (unpaired) electrons. The van der Waals surface area contributed by atoms with Crippen molar-refractivity contribution in [2.45, 2.75) is 13.0 Å². The first-order valence-corrected chi connectivity index (χ1v) is 7.00. The maximum atomic E-state index is 11.4. The lowest BCUT2D eigenvalue weighted by atomic mass is 9.98. The molecular formula is C16H15ClN2O2. The van der Waals surface area contributed by atoms with Gasteiger partial charge in [0.2, 0.25) is 0 Å². The minimum absolute atomic E-state index is 0.0476. The Morgan fingerprint density at radius 1 is 1.24 bits per heavy atom. The van der Waals surface area contributed by atoms with E-state index >= 15 is 0 Å². The van der Waals surface area contributed by atoms with Gasteiger partial charge in [0, 0.05) is 5.02 Å². The summed E-state index contributed by atoms with van der Waals surface area (Å²) in [6.45, 7) is 2.00. The summed E-state index contributed by atoms with van der Waals surface area (Å²) in [7, 11) is 0. The summed E-state index contributed by atoms with van der Waals surface area (Å²) >= 11 is 6.15. The van der Waals surface area contributed by atoms with Gasteiger partial charge in [0.05, 0.1) is 11.7 Å². The highest BCUT2D eigenvalue weighted by atomic mass is 35.5. The van der Waals surface area contributed by atoms with Crippen molar-refractivity contribution >= 4 is 23.2 Å². The van der Waals surface area contributed by atoms with E-state index in [0.717, 1.165) is 16.7 Å². The van der Waals surface area contributed by atoms with Crippen LogP contribution in [0.5, 0.6) is 5.75 Å². The number of rotatable bonds is 2. The fourth-order valence-corrected chi connectivity index (χ4v) is 2.48. The zero-order valence-electron chi connectivity index (χ0n) is 11.5. The number of carbonyl (C=O) groups is 1. The van der Waals surface area contributed by atoms with Gasteiger partial charge in [0.15, 0.2) is 6.61 Å². The van der Waals surface area contributed by atoms with Gasteiger partial charge in [-0.1, -0.05) is 29.8 Å². The SMILES string of the molecule is Cc1ccc(C(N)c2ccc3c(c2)NC(=O)CO3)cc1Cl. The normalized spacial score (nSPS) is 14.9. The van der Waals surface area contributed by atoms with Crippen molar-refractivity contribution in [1.82, 2.24) is 0 Å². The number of fused-ring (bicyclic) bond motifs is 1. The van der Waals surface area contributed by atoms with Crippen molar-refractivity contribution in [1.29, 1.82) is 0 Å². The second-order valence-corrected chi connectivity index (χ2v) is 5.49. The Labute approximate surface area is 127 Å². The maximum absolute atomic E-state index is 11.4. The Morgan fingerprint density at radius 2 is 1.95 bits per heavy atom. The van der Waals surface area contributed by atoms with Crippen molar-refractivity contribution in [3.63, 3.8) is 0 Å². The molecule has 0 bridgehead atoms. The Balaban J connectivity index is 1.94. The summed E-state index contributed by atoms with van der Waals surface area (Å²) in [6.07, 6.45) is 0. The molecule has 0 aliphatic carbocycles. The van der Waals surface area contributed by atoms with Crippen LogP contribution in [0.25, 0.3) is 0 Å². The molecule has 5 heteroatoms. The molecule has 3 N–H and O–H groups in total. The molecule has 108 valence electrons. The van der Waals surface area contributed by atoms with E-state index in [-0.39, 0.29) is 18.6 Å². The van der Waals surface area contributed by atoms with Crippen molar-refractivity contribution in [3.05, 3.63) is 58.1 Å². The molecule has 0 aromatic heterocycles. The third kappa shape index (κ3) is 2.73. The molecule has 0 saturated carbocycles. The summed E-state index contributed by atoms with van der Waals surface area (Å²) in [5.41, 5.74) is 9.77. The number of halogens is 1. The zero-order valence-corrected chi connectivity index (χ0v) is 12.3. The lowest BCUT2D eigenvalue weighted by molar-refractivity contribution is -0.118. The molecule has 1 amide bonds. The molecule has 2 aromatic carbocycles. The topological polar surface area (TPSA) is 64.3 Å². The molecule has 1 atom stereocenters. The molecule has 4 nitrogen and oxygen atoms in total. The highest BCUT2D eigenvalue weighted by Crippen LogP contribution is 2.32. The van der Waals surface area contributed by atoms with Crippen molar-refractivity contribution < 1.29 is 9.53 Å². The number of nitrogens with two attached hydrogens (primary N) is 1. The van der Waals surface area contributed by atoms with Crippen LogP contribution < -0.4 is 15.8 Å². The molecule has 0 saturated heterocycles. The molecule has 21 heavy (non-hydrogen) atoms. The second-order valence-electron chi connectivity index (χ2n) is 5.08. The maximum Gasteiger partial charge on any atom is 0.262 e. The number of aryl methyl sites for hydroxylation is 1. The predicted octanol–water partition coefficient (Wildman–Crippen LogP) is 3.03. The van der Waals surface area contributed by atoms with Crippen LogP contribution >= 0.6 is 11.6 Å². The molecule has 1 heterocycles. The van der Waals surface area contributed by atoms with Crippen LogP contribution in [0.15, 0.2) is 36.4 Å².